The van der Waals surface area contributed by atoms with Crippen molar-refractivity contribution in [2.75, 3.05) is 0 Å². The van der Waals surface area contributed by atoms with Crippen LogP contribution in [0.3, 0.4) is 0 Å². The Morgan fingerprint density at radius 3 is 2.58 bits per heavy atom. The Bertz CT molecular complexity index is 585. The third kappa shape index (κ3) is 3.54. The van der Waals surface area contributed by atoms with Crippen molar-refractivity contribution < 1.29 is 18.3 Å². The van der Waals surface area contributed by atoms with E-state index in [9.17, 15) is 13.2 Å². The van der Waals surface area contributed by atoms with Gasteiger partial charge in [0.2, 0.25) is 0 Å². The Morgan fingerprint density at radius 2 is 2.11 bits per heavy atom. The summed E-state index contributed by atoms with van der Waals surface area (Å²) >= 11 is 1.23. The molecule has 0 spiro atoms. The number of hydrogen-bond acceptors (Lipinski definition) is 5. The zero-order valence-corrected chi connectivity index (χ0v) is 12.6. The van der Waals surface area contributed by atoms with E-state index >= 15 is 0 Å². The van der Waals surface area contributed by atoms with Crippen molar-refractivity contribution in [3.8, 4) is 0 Å². The van der Waals surface area contributed by atoms with E-state index in [1.807, 2.05) is 0 Å². The Kier molecular flexibility index (Phi) is 3.96. The summed E-state index contributed by atoms with van der Waals surface area (Å²) in [6.07, 6.45) is 1.98. The summed E-state index contributed by atoms with van der Waals surface area (Å²) in [5.74, 6) is -0.654. The van der Waals surface area contributed by atoms with Gasteiger partial charge in [0.1, 0.15) is 10.8 Å². The number of aliphatic carboxylic acids is 1. The van der Waals surface area contributed by atoms with Gasteiger partial charge in [0.25, 0.3) is 0 Å². The monoisotopic (exact) mass is 303 g/mol. The predicted molar refractivity (Wildman–Crippen MR) is 73.2 cm³/mol. The van der Waals surface area contributed by atoms with Gasteiger partial charge >= 0.3 is 5.97 Å². The van der Waals surface area contributed by atoms with E-state index in [4.69, 9.17) is 5.11 Å². The summed E-state index contributed by atoms with van der Waals surface area (Å²) in [4.78, 5) is 15.9. The van der Waals surface area contributed by atoms with Gasteiger partial charge in [-0.05, 0) is 26.7 Å². The molecular weight excluding hydrogens is 286 g/mol. The molecule has 1 aliphatic rings. The number of thiazole rings is 1. The van der Waals surface area contributed by atoms with E-state index in [2.05, 4.69) is 4.98 Å². The molecule has 5 nitrogen and oxygen atoms in total. The van der Waals surface area contributed by atoms with Crippen molar-refractivity contribution in [2.24, 2.45) is 0 Å². The minimum Gasteiger partial charge on any atom is -0.481 e. The zero-order valence-electron chi connectivity index (χ0n) is 10.9. The van der Waals surface area contributed by atoms with Gasteiger partial charge in [0.15, 0.2) is 9.84 Å². The second-order valence-corrected chi connectivity index (χ2v) is 8.84. The number of carbonyl (C=O) groups is 1. The normalized spacial score (nSPS) is 15.9. The highest BCUT2D eigenvalue weighted by molar-refractivity contribution is 7.91. The number of hydrogen-bond donors (Lipinski definition) is 1. The molecule has 0 radical (unpaired) electrons. The lowest BCUT2D eigenvalue weighted by molar-refractivity contribution is -0.136. The molecule has 0 aliphatic heterocycles. The fourth-order valence-electron chi connectivity index (χ4n) is 1.75. The van der Waals surface area contributed by atoms with Crippen LogP contribution in [-0.2, 0) is 26.8 Å². The fraction of sp³-hybridized carbons (Fsp3) is 0.667. The molecule has 106 valence electrons. The summed E-state index contributed by atoms with van der Waals surface area (Å²) in [5, 5.41) is 8.96. The Labute approximate surface area is 116 Å². The van der Waals surface area contributed by atoms with Crippen molar-refractivity contribution in [1.82, 2.24) is 4.98 Å². The molecule has 2 rings (SSSR count). The van der Waals surface area contributed by atoms with E-state index in [0.29, 0.717) is 15.8 Å². The molecule has 1 saturated carbocycles. The van der Waals surface area contributed by atoms with E-state index in [1.165, 1.54) is 11.3 Å². The Hall–Kier alpha value is -0.950. The van der Waals surface area contributed by atoms with Crippen LogP contribution in [-0.4, -0.2) is 29.7 Å². The SMILES string of the molecule is CC(C)S(=O)(=O)Cc1nc(C2CC2)c(CC(=O)O)s1. The second-order valence-electron chi connectivity index (χ2n) is 5.12. The zero-order chi connectivity index (χ0) is 14.2. The highest BCUT2D eigenvalue weighted by Gasteiger charge is 2.31. The standard InChI is InChI=1S/C12H17NO4S2/c1-7(2)19(16,17)6-10-13-12(8-3-4-8)9(18-10)5-11(14)15/h7-8H,3-6H2,1-2H3,(H,14,15). The number of carboxylic acid groups (broad SMARTS) is 1. The number of carboxylic acids is 1. The first kappa shape index (κ1) is 14.5. The smallest absolute Gasteiger partial charge is 0.308 e. The molecule has 1 N–H and O–H groups in total. The number of nitrogens with zero attached hydrogens (tertiary/aromatic N) is 1. The van der Waals surface area contributed by atoms with Crippen molar-refractivity contribution in [2.45, 2.75) is 50.0 Å². The van der Waals surface area contributed by atoms with Gasteiger partial charge in [0.05, 0.1) is 17.4 Å². The summed E-state index contributed by atoms with van der Waals surface area (Å²) in [7, 11) is -3.19. The average Bonchev–Trinajstić information content (AvgIpc) is 3.02. The minimum absolute atomic E-state index is 0.0643. The highest BCUT2D eigenvalue weighted by atomic mass is 32.2. The Balaban J connectivity index is 2.25. The topological polar surface area (TPSA) is 84.3 Å². The molecule has 19 heavy (non-hydrogen) atoms. The summed E-state index contributed by atoms with van der Waals surface area (Å²) in [6.45, 7) is 3.28. The van der Waals surface area contributed by atoms with Crippen LogP contribution in [0.15, 0.2) is 0 Å². The van der Waals surface area contributed by atoms with Crippen LogP contribution < -0.4 is 0 Å². The lowest BCUT2D eigenvalue weighted by Gasteiger charge is -2.04. The van der Waals surface area contributed by atoms with Gasteiger partial charge in [-0.2, -0.15) is 0 Å². The molecule has 1 heterocycles. The molecule has 1 aliphatic carbocycles. The van der Waals surface area contributed by atoms with Gasteiger partial charge in [0, 0.05) is 10.8 Å². The molecule has 1 aromatic rings. The molecule has 0 saturated heterocycles. The quantitative estimate of drug-likeness (QED) is 0.868. The van der Waals surface area contributed by atoms with Crippen LogP contribution in [0.4, 0.5) is 0 Å². The van der Waals surface area contributed by atoms with Crippen LogP contribution in [0.1, 0.15) is 48.2 Å². The fourth-order valence-corrected chi connectivity index (χ4v) is 4.17. The van der Waals surface area contributed by atoms with E-state index in [0.717, 1.165) is 18.5 Å². The molecule has 7 heteroatoms. The van der Waals surface area contributed by atoms with Crippen molar-refractivity contribution in [3.63, 3.8) is 0 Å². The number of rotatable bonds is 6. The van der Waals surface area contributed by atoms with Crippen LogP contribution in [0.2, 0.25) is 0 Å². The predicted octanol–water partition coefficient (Wildman–Crippen LogP) is 1.97. The van der Waals surface area contributed by atoms with E-state index < -0.39 is 21.1 Å². The van der Waals surface area contributed by atoms with E-state index in [1.54, 1.807) is 13.8 Å². The van der Waals surface area contributed by atoms with Gasteiger partial charge in [-0.1, -0.05) is 0 Å². The van der Waals surface area contributed by atoms with Gasteiger partial charge in [-0.3, -0.25) is 4.79 Å². The van der Waals surface area contributed by atoms with Crippen molar-refractivity contribution in [3.05, 3.63) is 15.6 Å². The third-order valence-electron chi connectivity index (χ3n) is 3.09. The number of sulfone groups is 1. The first-order chi connectivity index (χ1) is 8.79. The molecule has 0 amide bonds. The van der Waals surface area contributed by atoms with Crippen LogP contribution in [0.5, 0.6) is 0 Å². The largest absolute Gasteiger partial charge is 0.481 e. The first-order valence-corrected chi connectivity index (χ1v) is 8.74. The molecule has 1 fully saturated rings. The van der Waals surface area contributed by atoms with Gasteiger partial charge < -0.3 is 5.11 Å². The van der Waals surface area contributed by atoms with Crippen LogP contribution in [0.25, 0.3) is 0 Å². The molecule has 0 bridgehead atoms. The summed E-state index contributed by atoms with van der Waals surface area (Å²) in [5.41, 5.74) is 0.807. The molecule has 1 aromatic heterocycles. The second kappa shape index (κ2) is 5.20. The summed E-state index contributed by atoms with van der Waals surface area (Å²) < 4.78 is 23.8. The minimum atomic E-state index is -3.19. The average molecular weight is 303 g/mol. The lowest BCUT2D eigenvalue weighted by atomic mass is 10.2. The highest BCUT2D eigenvalue weighted by Crippen LogP contribution is 2.43. The van der Waals surface area contributed by atoms with E-state index in [-0.39, 0.29) is 12.2 Å². The molecule has 0 aromatic carbocycles. The van der Waals surface area contributed by atoms with Gasteiger partial charge in [-0.15, -0.1) is 11.3 Å². The maximum Gasteiger partial charge on any atom is 0.308 e. The third-order valence-corrected chi connectivity index (χ3v) is 6.46. The van der Waals surface area contributed by atoms with Crippen LogP contribution >= 0.6 is 11.3 Å². The molecule has 0 atom stereocenters. The molecule has 0 unspecified atom stereocenters. The number of aromatic nitrogens is 1. The Morgan fingerprint density at radius 1 is 1.47 bits per heavy atom. The first-order valence-electron chi connectivity index (χ1n) is 6.21. The van der Waals surface area contributed by atoms with Gasteiger partial charge in [-0.25, -0.2) is 13.4 Å². The van der Waals surface area contributed by atoms with Crippen LogP contribution in [0, 0.1) is 0 Å². The maximum absolute atomic E-state index is 11.9. The molecular formula is C12H17NO4S2. The van der Waals surface area contributed by atoms with Crippen molar-refractivity contribution in [1.29, 1.82) is 0 Å². The lowest BCUT2D eigenvalue weighted by Crippen LogP contribution is -2.15. The summed E-state index contributed by atoms with van der Waals surface area (Å²) in [6, 6.07) is 0. The van der Waals surface area contributed by atoms with Crippen molar-refractivity contribution >= 4 is 27.1 Å². The maximum atomic E-state index is 11.9.